The first-order chi connectivity index (χ1) is 14.6. The van der Waals surface area contributed by atoms with Gasteiger partial charge in [0.1, 0.15) is 0 Å². The van der Waals surface area contributed by atoms with Gasteiger partial charge in [-0.1, -0.05) is 108 Å². The van der Waals surface area contributed by atoms with Crippen molar-refractivity contribution in [2.75, 3.05) is 6.61 Å². The summed E-state index contributed by atoms with van der Waals surface area (Å²) in [6.45, 7) is 16.1. The lowest BCUT2D eigenvalue weighted by atomic mass is 10.2. The summed E-state index contributed by atoms with van der Waals surface area (Å²) in [6.07, 6.45) is 3.11. The summed E-state index contributed by atoms with van der Waals surface area (Å²) in [5.41, 5.74) is 0. The highest BCUT2D eigenvalue weighted by Gasteiger charge is 2.45. The van der Waals surface area contributed by atoms with E-state index in [1.165, 1.54) is 15.9 Å². The van der Waals surface area contributed by atoms with Crippen molar-refractivity contribution >= 4 is 32.6 Å². The molecule has 2 aromatic rings. The van der Waals surface area contributed by atoms with Gasteiger partial charge in [-0.25, -0.2) is 4.79 Å². The second kappa shape index (κ2) is 11.2. The number of ether oxygens (including phenoxy) is 1. The van der Waals surface area contributed by atoms with Gasteiger partial charge in [-0.15, -0.1) is 0 Å². The van der Waals surface area contributed by atoms with Crippen LogP contribution in [0.1, 0.15) is 53.9 Å². The van der Waals surface area contributed by atoms with Crippen molar-refractivity contribution in [2.24, 2.45) is 0 Å². The molecule has 0 spiro atoms. The molecule has 0 aliphatic carbocycles. The predicted molar refractivity (Wildman–Crippen MR) is 139 cm³/mol. The zero-order valence-corrected chi connectivity index (χ0v) is 22.3. The van der Waals surface area contributed by atoms with Crippen molar-refractivity contribution in [1.82, 2.24) is 0 Å². The second-order valence-corrected chi connectivity index (χ2v) is 17.0. The van der Waals surface area contributed by atoms with Gasteiger partial charge in [0.25, 0.3) is 0 Å². The number of esters is 1. The Morgan fingerprint density at radius 1 is 0.903 bits per heavy atom. The van der Waals surface area contributed by atoms with Crippen LogP contribution in [0.4, 0.5) is 0 Å². The smallest absolute Gasteiger partial charge is 0.330 e. The number of carbonyl (C=O) groups is 1. The molecule has 2 rings (SSSR count). The van der Waals surface area contributed by atoms with Crippen LogP contribution in [0.15, 0.2) is 71.2 Å². The van der Waals surface area contributed by atoms with E-state index < -0.39 is 16.0 Å². The van der Waals surface area contributed by atoms with E-state index >= 15 is 0 Å². The molecule has 2 aromatic carbocycles. The first-order valence-electron chi connectivity index (χ1n) is 11.5. The topological polar surface area (TPSA) is 26.3 Å². The summed E-state index contributed by atoms with van der Waals surface area (Å²) >= 11 is 0. The molecule has 0 aliphatic rings. The first-order valence-corrected chi connectivity index (χ1v) is 15.8. The van der Waals surface area contributed by atoms with Gasteiger partial charge >= 0.3 is 5.97 Å². The Morgan fingerprint density at radius 2 is 1.39 bits per heavy atom. The Hall–Kier alpha value is -1.70. The largest absolute Gasteiger partial charge is 0.463 e. The molecule has 4 heteroatoms. The van der Waals surface area contributed by atoms with E-state index in [-0.39, 0.29) is 11.0 Å². The lowest BCUT2D eigenvalue weighted by Crippen LogP contribution is -2.44. The molecule has 31 heavy (non-hydrogen) atoms. The standard InChI is InChI=1S/C27H39O2PSi/c1-8-10-21-24(25(26(28)29-9-2)31(6,7)27(3,4)5)30(22-17-13-11-14-18-22)23-19-15-12-16-20-23/h11-20H,8-10,21H2,1-7H3/b25-24-. The molecular formula is C27H39O2PSi. The average Bonchev–Trinajstić information content (AvgIpc) is 2.73. The van der Waals surface area contributed by atoms with E-state index in [2.05, 4.69) is 101 Å². The van der Waals surface area contributed by atoms with Crippen molar-refractivity contribution < 1.29 is 9.53 Å². The van der Waals surface area contributed by atoms with E-state index in [4.69, 9.17) is 4.74 Å². The molecule has 2 nitrogen and oxygen atoms in total. The predicted octanol–water partition coefficient (Wildman–Crippen LogP) is 7.17. The highest BCUT2D eigenvalue weighted by Crippen LogP contribution is 2.52. The van der Waals surface area contributed by atoms with E-state index in [1.807, 2.05) is 6.92 Å². The lowest BCUT2D eigenvalue weighted by molar-refractivity contribution is -0.137. The van der Waals surface area contributed by atoms with Gasteiger partial charge in [0.15, 0.2) is 0 Å². The summed E-state index contributed by atoms with van der Waals surface area (Å²) in [6, 6.07) is 21.5. The summed E-state index contributed by atoms with van der Waals surface area (Å²) in [5.74, 6) is -0.0976. The summed E-state index contributed by atoms with van der Waals surface area (Å²) in [4.78, 5) is 13.6. The summed E-state index contributed by atoms with van der Waals surface area (Å²) in [5, 5.41) is 4.97. The maximum absolute atomic E-state index is 13.6. The van der Waals surface area contributed by atoms with Crippen LogP contribution in [0, 0.1) is 0 Å². The SMILES string of the molecule is CCCC/C(=C(\C(=O)OCC)[Si](C)(C)C(C)(C)C)P(c1ccccc1)c1ccccc1. The Bertz CT molecular complexity index is 828. The van der Waals surface area contributed by atoms with E-state index in [0.717, 1.165) is 24.5 Å². The highest BCUT2D eigenvalue weighted by atomic mass is 31.1. The Morgan fingerprint density at radius 3 is 1.77 bits per heavy atom. The van der Waals surface area contributed by atoms with Gasteiger partial charge < -0.3 is 4.74 Å². The minimum absolute atomic E-state index is 0.0426. The van der Waals surface area contributed by atoms with Gasteiger partial charge in [0.05, 0.1) is 14.7 Å². The molecule has 0 amide bonds. The maximum atomic E-state index is 13.6. The van der Waals surface area contributed by atoms with Crippen LogP contribution in [0.2, 0.25) is 18.1 Å². The third-order valence-corrected chi connectivity index (χ3v) is 14.7. The summed E-state index contributed by atoms with van der Waals surface area (Å²) < 4.78 is 5.72. The minimum atomic E-state index is -2.15. The molecule has 0 bridgehead atoms. The average molecular weight is 455 g/mol. The fraction of sp³-hybridized carbons (Fsp3) is 0.444. The molecule has 0 saturated carbocycles. The van der Waals surface area contributed by atoms with Crippen LogP contribution in [0.25, 0.3) is 0 Å². The van der Waals surface area contributed by atoms with Gasteiger partial charge in [-0.2, -0.15) is 0 Å². The number of benzene rings is 2. The monoisotopic (exact) mass is 454 g/mol. The first kappa shape index (κ1) is 25.6. The van der Waals surface area contributed by atoms with Crippen LogP contribution in [-0.4, -0.2) is 20.7 Å². The van der Waals surface area contributed by atoms with Gasteiger partial charge in [-0.05, 0) is 48.6 Å². The third-order valence-electron chi connectivity index (χ3n) is 6.33. The number of carbonyl (C=O) groups excluding carboxylic acids is 1. The normalized spacial score (nSPS) is 13.2. The molecule has 0 unspecified atom stereocenters. The van der Waals surface area contributed by atoms with Crippen LogP contribution in [0.3, 0.4) is 0 Å². The van der Waals surface area contributed by atoms with Crippen molar-refractivity contribution in [1.29, 1.82) is 0 Å². The molecule has 0 heterocycles. The number of hydrogen-bond donors (Lipinski definition) is 0. The number of unbranched alkanes of at least 4 members (excludes halogenated alkanes) is 1. The fourth-order valence-corrected chi connectivity index (χ4v) is 9.53. The Labute approximate surface area is 191 Å². The molecule has 0 saturated heterocycles. The molecule has 0 aromatic heterocycles. The van der Waals surface area contributed by atoms with E-state index in [0.29, 0.717) is 6.61 Å². The van der Waals surface area contributed by atoms with Gasteiger partial charge in [-0.3, -0.25) is 0 Å². The second-order valence-electron chi connectivity index (χ2n) is 9.53. The van der Waals surface area contributed by atoms with Gasteiger partial charge in [0.2, 0.25) is 0 Å². The lowest BCUT2D eigenvalue weighted by Gasteiger charge is -2.40. The van der Waals surface area contributed by atoms with Crippen LogP contribution in [-0.2, 0) is 9.53 Å². The number of hydrogen-bond acceptors (Lipinski definition) is 2. The summed E-state index contributed by atoms with van der Waals surface area (Å²) in [7, 11) is -2.96. The highest BCUT2D eigenvalue weighted by molar-refractivity contribution is 7.77. The number of rotatable bonds is 9. The van der Waals surface area contributed by atoms with E-state index in [1.54, 1.807) is 0 Å². The minimum Gasteiger partial charge on any atom is -0.463 e. The third kappa shape index (κ3) is 6.17. The van der Waals surface area contributed by atoms with Crippen molar-refractivity contribution in [2.45, 2.75) is 72.0 Å². The maximum Gasteiger partial charge on any atom is 0.330 e. The Kier molecular flexibility index (Phi) is 9.27. The van der Waals surface area contributed by atoms with E-state index in [9.17, 15) is 4.79 Å². The van der Waals surface area contributed by atoms with Crippen molar-refractivity contribution in [3.05, 3.63) is 71.2 Å². The molecule has 0 radical (unpaired) electrons. The van der Waals surface area contributed by atoms with Crippen LogP contribution >= 0.6 is 7.92 Å². The van der Waals surface area contributed by atoms with Crippen molar-refractivity contribution in [3.63, 3.8) is 0 Å². The molecule has 0 atom stereocenters. The zero-order chi connectivity index (χ0) is 23.1. The zero-order valence-electron chi connectivity index (χ0n) is 20.4. The molecule has 0 fully saturated rings. The Balaban J connectivity index is 2.90. The molecule has 0 aliphatic heterocycles. The van der Waals surface area contributed by atoms with Crippen LogP contribution < -0.4 is 10.6 Å². The quantitative estimate of drug-likeness (QED) is 0.174. The number of allylic oxidation sites excluding steroid dienone is 1. The van der Waals surface area contributed by atoms with Crippen molar-refractivity contribution in [3.8, 4) is 0 Å². The fourth-order valence-electron chi connectivity index (χ4n) is 3.62. The molecule has 168 valence electrons. The molecular weight excluding hydrogens is 415 g/mol. The van der Waals surface area contributed by atoms with Crippen LogP contribution in [0.5, 0.6) is 0 Å². The van der Waals surface area contributed by atoms with Gasteiger partial charge in [0, 0.05) is 5.20 Å². The molecule has 0 N–H and O–H groups in total.